The highest BCUT2D eigenvalue weighted by molar-refractivity contribution is 7.99. The minimum Gasteiger partial charge on any atom is -0.353 e. The summed E-state index contributed by atoms with van der Waals surface area (Å²) in [7, 11) is 1.82. The third kappa shape index (κ3) is 5.05. The molecule has 1 unspecified atom stereocenters. The fraction of sp³-hybridized carbons (Fsp3) is 0.474. The number of aromatic nitrogens is 3. The summed E-state index contributed by atoms with van der Waals surface area (Å²) < 4.78 is 1.80. The average molecular weight is 422 g/mol. The molecule has 28 heavy (non-hydrogen) atoms. The predicted octanol–water partition coefficient (Wildman–Crippen LogP) is 3.11. The van der Waals surface area contributed by atoms with Crippen LogP contribution in [0.1, 0.15) is 54.8 Å². The second-order valence-corrected chi connectivity index (χ2v) is 8.26. The highest BCUT2D eigenvalue weighted by atomic mass is 35.5. The summed E-state index contributed by atoms with van der Waals surface area (Å²) >= 11 is 7.42. The Morgan fingerprint density at radius 3 is 2.71 bits per heavy atom. The Balaban J connectivity index is 1.56. The van der Waals surface area contributed by atoms with Gasteiger partial charge in [-0.2, -0.15) is 0 Å². The molecule has 1 aliphatic carbocycles. The van der Waals surface area contributed by atoms with Gasteiger partial charge in [0.2, 0.25) is 5.91 Å². The maximum atomic E-state index is 12.4. The Morgan fingerprint density at radius 2 is 2.00 bits per heavy atom. The van der Waals surface area contributed by atoms with E-state index in [1.807, 2.05) is 14.0 Å². The normalized spacial score (nSPS) is 15.4. The number of amides is 2. The van der Waals surface area contributed by atoms with Crippen molar-refractivity contribution >= 4 is 35.2 Å². The van der Waals surface area contributed by atoms with E-state index in [9.17, 15) is 9.59 Å². The molecule has 7 nitrogen and oxygen atoms in total. The van der Waals surface area contributed by atoms with Crippen LogP contribution in [0.3, 0.4) is 0 Å². The van der Waals surface area contributed by atoms with Crippen LogP contribution in [0.25, 0.3) is 0 Å². The van der Waals surface area contributed by atoms with Gasteiger partial charge >= 0.3 is 0 Å². The van der Waals surface area contributed by atoms with Crippen molar-refractivity contribution in [1.29, 1.82) is 0 Å². The first-order chi connectivity index (χ1) is 13.5. The zero-order valence-corrected chi connectivity index (χ0v) is 17.5. The Labute approximate surface area is 173 Å². The quantitative estimate of drug-likeness (QED) is 0.670. The summed E-state index contributed by atoms with van der Waals surface area (Å²) in [6, 6.07) is 6.84. The number of halogens is 1. The molecular weight excluding hydrogens is 398 g/mol. The molecule has 0 bridgehead atoms. The number of nitrogens with one attached hydrogen (secondary N) is 2. The largest absolute Gasteiger partial charge is 0.353 e. The molecule has 1 atom stereocenters. The summed E-state index contributed by atoms with van der Waals surface area (Å²) in [6.45, 7) is 1.83. The first kappa shape index (κ1) is 20.7. The Hall–Kier alpha value is -2.06. The minimum absolute atomic E-state index is 0.0153. The summed E-state index contributed by atoms with van der Waals surface area (Å²) in [5.41, 5.74) is 0.413. The second kappa shape index (κ2) is 9.43. The molecule has 1 fully saturated rings. The van der Waals surface area contributed by atoms with E-state index < -0.39 is 0 Å². The van der Waals surface area contributed by atoms with Gasteiger partial charge < -0.3 is 15.2 Å². The van der Waals surface area contributed by atoms with Gasteiger partial charge in [0.25, 0.3) is 5.91 Å². The summed E-state index contributed by atoms with van der Waals surface area (Å²) in [6.07, 6.45) is 4.49. The van der Waals surface area contributed by atoms with Crippen molar-refractivity contribution < 1.29 is 9.59 Å². The lowest BCUT2D eigenvalue weighted by atomic mass is 10.2. The standard InChI is InChI=1S/C19H24ClN5O2S/c1-12(21-18(27)14-9-5-6-10-15(14)20)17-23-24-19(25(17)2)28-11-16(26)22-13-7-3-4-8-13/h5-6,9-10,12-13H,3-4,7-8,11H2,1-2H3,(H,21,27)(H,22,26). The molecule has 2 N–H and O–H groups in total. The SMILES string of the molecule is CC(NC(=O)c1ccccc1Cl)c1nnc(SCC(=O)NC2CCCC2)n1C. The van der Waals surface area contributed by atoms with Crippen LogP contribution in [0.4, 0.5) is 0 Å². The second-order valence-electron chi connectivity index (χ2n) is 6.91. The minimum atomic E-state index is -0.358. The topological polar surface area (TPSA) is 88.9 Å². The third-order valence-electron chi connectivity index (χ3n) is 4.77. The Bertz CT molecular complexity index is 851. The van der Waals surface area contributed by atoms with Crippen molar-refractivity contribution in [2.75, 3.05) is 5.75 Å². The number of nitrogens with zero attached hydrogens (tertiary/aromatic N) is 3. The molecule has 9 heteroatoms. The van der Waals surface area contributed by atoms with Crippen LogP contribution >= 0.6 is 23.4 Å². The van der Waals surface area contributed by atoms with Crippen LogP contribution in [0.2, 0.25) is 5.02 Å². The van der Waals surface area contributed by atoms with Crippen molar-refractivity contribution in [2.45, 2.75) is 49.8 Å². The molecule has 1 aromatic heterocycles. The number of benzene rings is 1. The lowest BCUT2D eigenvalue weighted by Gasteiger charge is -2.14. The van der Waals surface area contributed by atoms with Gasteiger partial charge in [-0.05, 0) is 31.9 Å². The molecule has 0 radical (unpaired) electrons. The first-order valence-electron chi connectivity index (χ1n) is 9.32. The van der Waals surface area contributed by atoms with E-state index in [0.29, 0.717) is 33.4 Å². The molecule has 0 saturated heterocycles. The monoisotopic (exact) mass is 421 g/mol. The van der Waals surface area contributed by atoms with E-state index >= 15 is 0 Å². The molecule has 1 aromatic carbocycles. The van der Waals surface area contributed by atoms with E-state index in [4.69, 9.17) is 11.6 Å². The van der Waals surface area contributed by atoms with Gasteiger partial charge in [0.15, 0.2) is 11.0 Å². The van der Waals surface area contributed by atoms with Crippen molar-refractivity contribution in [3.63, 3.8) is 0 Å². The van der Waals surface area contributed by atoms with Crippen LogP contribution in [0, 0.1) is 0 Å². The van der Waals surface area contributed by atoms with Crippen molar-refractivity contribution in [3.8, 4) is 0 Å². The van der Waals surface area contributed by atoms with E-state index in [1.54, 1.807) is 28.8 Å². The molecule has 1 aliphatic rings. The lowest BCUT2D eigenvalue weighted by molar-refractivity contribution is -0.119. The predicted molar refractivity (Wildman–Crippen MR) is 109 cm³/mol. The zero-order valence-electron chi connectivity index (χ0n) is 15.9. The summed E-state index contributed by atoms with van der Waals surface area (Å²) in [4.78, 5) is 24.5. The fourth-order valence-electron chi connectivity index (χ4n) is 3.28. The summed E-state index contributed by atoms with van der Waals surface area (Å²) in [5.74, 6) is 0.648. The van der Waals surface area contributed by atoms with E-state index in [-0.39, 0.29) is 17.9 Å². The number of hydrogen-bond donors (Lipinski definition) is 2. The van der Waals surface area contributed by atoms with Gasteiger partial charge in [-0.15, -0.1) is 10.2 Å². The molecule has 0 spiro atoms. The number of thioether (sulfide) groups is 1. The van der Waals surface area contributed by atoms with Gasteiger partial charge in [0.1, 0.15) is 0 Å². The smallest absolute Gasteiger partial charge is 0.253 e. The molecular formula is C19H24ClN5O2S. The van der Waals surface area contributed by atoms with E-state index in [2.05, 4.69) is 20.8 Å². The molecule has 0 aliphatic heterocycles. The number of carbonyl (C=O) groups is 2. The van der Waals surface area contributed by atoms with Crippen LogP contribution in [0.15, 0.2) is 29.4 Å². The Morgan fingerprint density at radius 1 is 1.29 bits per heavy atom. The van der Waals surface area contributed by atoms with Crippen molar-refractivity contribution in [1.82, 2.24) is 25.4 Å². The van der Waals surface area contributed by atoms with Crippen molar-refractivity contribution in [3.05, 3.63) is 40.7 Å². The number of carbonyl (C=O) groups excluding carboxylic acids is 2. The first-order valence-corrected chi connectivity index (χ1v) is 10.7. The maximum absolute atomic E-state index is 12.4. The van der Waals surface area contributed by atoms with Crippen LogP contribution < -0.4 is 10.6 Å². The van der Waals surface area contributed by atoms with Gasteiger partial charge in [-0.3, -0.25) is 9.59 Å². The van der Waals surface area contributed by atoms with Crippen LogP contribution in [-0.4, -0.2) is 38.4 Å². The summed E-state index contributed by atoms with van der Waals surface area (Å²) in [5, 5.41) is 15.3. The molecule has 1 saturated carbocycles. The third-order valence-corrected chi connectivity index (χ3v) is 6.12. The Kier molecular flexibility index (Phi) is 6.96. The average Bonchev–Trinajstić information content (AvgIpc) is 3.30. The van der Waals surface area contributed by atoms with E-state index in [0.717, 1.165) is 12.8 Å². The van der Waals surface area contributed by atoms with Gasteiger partial charge in [-0.25, -0.2) is 0 Å². The van der Waals surface area contributed by atoms with E-state index in [1.165, 1.54) is 24.6 Å². The molecule has 3 rings (SSSR count). The van der Waals surface area contributed by atoms with Crippen LogP contribution in [-0.2, 0) is 11.8 Å². The number of hydrogen-bond acceptors (Lipinski definition) is 5. The van der Waals surface area contributed by atoms with Crippen molar-refractivity contribution in [2.24, 2.45) is 7.05 Å². The highest BCUT2D eigenvalue weighted by Crippen LogP contribution is 2.21. The van der Waals surface area contributed by atoms with Gasteiger partial charge in [0.05, 0.1) is 22.4 Å². The maximum Gasteiger partial charge on any atom is 0.253 e. The highest BCUT2D eigenvalue weighted by Gasteiger charge is 2.21. The molecule has 1 heterocycles. The van der Waals surface area contributed by atoms with Gasteiger partial charge in [-0.1, -0.05) is 48.3 Å². The fourth-order valence-corrected chi connectivity index (χ4v) is 4.23. The van der Waals surface area contributed by atoms with Gasteiger partial charge in [0, 0.05) is 13.1 Å². The molecule has 150 valence electrons. The molecule has 2 aromatic rings. The number of rotatable bonds is 7. The lowest BCUT2D eigenvalue weighted by Crippen LogP contribution is -2.33. The van der Waals surface area contributed by atoms with Crippen LogP contribution in [0.5, 0.6) is 0 Å². The zero-order chi connectivity index (χ0) is 20.1. The molecule has 2 amide bonds.